The number of thiophene rings is 1. The zero-order valence-electron chi connectivity index (χ0n) is 10.3. The minimum atomic E-state index is -0.287. The van der Waals surface area contributed by atoms with E-state index in [0.29, 0.717) is 5.57 Å². The first-order valence-corrected chi connectivity index (χ1v) is 6.44. The molecule has 0 saturated heterocycles. The van der Waals surface area contributed by atoms with Crippen LogP contribution >= 0.6 is 11.3 Å². The van der Waals surface area contributed by atoms with E-state index in [1.807, 2.05) is 30.3 Å². The minimum Gasteiger partial charge on any atom is -0.466 e. The summed E-state index contributed by atoms with van der Waals surface area (Å²) in [6.45, 7) is 1.76. The van der Waals surface area contributed by atoms with Gasteiger partial charge in [0.2, 0.25) is 0 Å². The molecular formula is C15H14O2S. The Hall–Kier alpha value is -1.87. The number of hydrogen-bond donors (Lipinski definition) is 0. The molecular weight excluding hydrogens is 244 g/mol. The predicted octanol–water partition coefficient (Wildman–Crippen LogP) is 3.99. The summed E-state index contributed by atoms with van der Waals surface area (Å²) in [5.74, 6) is -0.287. The molecule has 0 unspecified atom stereocenters. The molecule has 1 aromatic carbocycles. The minimum absolute atomic E-state index is 0.287. The molecule has 2 nitrogen and oxygen atoms in total. The molecule has 1 aromatic heterocycles. The average molecular weight is 258 g/mol. The van der Waals surface area contributed by atoms with E-state index in [-0.39, 0.29) is 5.97 Å². The fraction of sp³-hybridized carbons (Fsp3) is 0.133. The maximum atomic E-state index is 11.3. The molecule has 2 rings (SSSR count). The number of ether oxygens (including phenoxy) is 1. The summed E-state index contributed by atoms with van der Waals surface area (Å²) in [5.41, 5.74) is 1.80. The van der Waals surface area contributed by atoms with Gasteiger partial charge in [0, 0.05) is 15.3 Å². The van der Waals surface area contributed by atoms with Crippen molar-refractivity contribution in [2.24, 2.45) is 0 Å². The molecule has 3 heteroatoms. The number of carbonyl (C=O) groups is 1. The van der Waals surface area contributed by atoms with E-state index >= 15 is 0 Å². The van der Waals surface area contributed by atoms with Crippen LogP contribution in [0.1, 0.15) is 11.8 Å². The smallest absolute Gasteiger partial charge is 0.333 e. The first kappa shape index (κ1) is 12.6. The molecule has 0 amide bonds. The lowest BCUT2D eigenvalue weighted by molar-refractivity contribution is -0.135. The molecule has 0 aliphatic carbocycles. The van der Waals surface area contributed by atoms with Crippen LogP contribution in [0.2, 0.25) is 0 Å². The Morgan fingerprint density at radius 1 is 1.17 bits per heavy atom. The fourth-order valence-electron chi connectivity index (χ4n) is 1.62. The van der Waals surface area contributed by atoms with Gasteiger partial charge in [0.25, 0.3) is 0 Å². The third-order valence-corrected chi connectivity index (χ3v) is 3.63. The first-order chi connectivity index (χ1) is 8.70. The second-order valence-corrected chi connectivity index (χ2v) is 5.00. The van der Waals surface area contributed by atoms with Gasteiger partial charge in [0.15, 0.2) is 0 Å². The highest BCUT2D eigenvalue weighted by Crippen LogP contribution is 2.29. The van der Waals surface area contributed by atoms with Crippen molar-refractivity contribution in [3.05, 3.63) is 52.9 Å². The van der Waals surface area contributed by atoms with Gasteiger partial charge in [-0.05, 0) is 30.7 Å². The molecule has 1 heterocycles. The van der Waals surface area contributed by atoms with Crippen molar-refractivity contribution in [1.82, 2.24) is 0 Å². The fourth-order valence-corrected chi connectivity index (χ4v) is 2.64. The van der Waals surface area contributed by atoms with E-state index in [4.69, 9.17) is 0 Å². The lowest BCUT2D eigenvalue weighted by Crippen LogP contribution is -2.00. The van der Waals surface area contributed by atoms with Crippen LogP contribution in [-0.2, 0) is 9.53 Å². The molecule has 18 heavy (non-hydrogen) atoms. The third-order valence-electron chi connectivity index (χ3n) is 2.55. The van der Waals surface area contributed by atoms with Crippen LogP contribution in [0.5, 0.6) is 0 Å². The maximum absolute atomic E-state index is 11.3. The lowest BCUT2D eigenvalue weighted by Gasteiger charge is -1.97. The van der Waals surface area contributed by atoms with E-state index < -0.39 is 0 Å². The van der Waals surface area contributed by atoms with Gasteiger partial charge in [-0.15, -0.1) is 11.3 Å². The lowest BCUT2D eigenvalue weighted by atomic mass is 10.2. The number of carbonyl (C=O) groups excluding carboxylic acids is 1. The van der Waals surface area contributed by atoms with Gasteiger partial charge in [0.1, 0.15) is 0 Å². The molecule has 0 aliphatic rings. The summed E-state index contributed by atoms with van der Waals surface area (Å²) >= 11 is 1.66. The average Bonchev–Trinajstić information content (AvgIpc) is 2.87. The normalized spacial score (nSPS) is 11.3. The van der Waals surface area contributed by atoms with Crippen molar-refractivity contribution in [3.8, 4) is 10.4 Å². The van der Waals surface area contributed by atoms with E-state index in [2.05, 4.69) is 22.9 Å². The van der Waals surface area contributed by atoms with Gasteiger partial charge in [-0.25, -0.2) is 4.79 Å². The number of benzene rings is 1. The van der Waals surface area contributed by atoms with Crippen LogP contribution in [-0.4, -0.2) is 13.1 Å². The Kier molecular flexibility index (Phi) is 3.95. The highest BCUT2D eigenvalue weighted by Gasteiger charge is 2.05. The zero-order valence-corrected chi connectivity index (χ0v) is 11.2. The van der Waals surface area contributed by atoms with Crippen molar-refractivity contribution in [2.75, 3.05) is 7.11 Å². The molecule has 0 fully saturated rings. The van der Waals surface area contributed by atoms with E-state index in [9.17, 15) is 4.79 Å². The summed E-state index contributed by atoms with van der Waals surface area (Å²) in [5, 5.41) is 0. The molecule has 0 N–H and O–H groups in total. The zero-order chi connectivity index (χ0) is 13.0. The number of esters is 1. The molecule has 0 aliphatic heterocycles. The quantitative estimate of drug-likeness (QED) is 0.614. The highest BCUT2D eigenvalue weighted by molar-refractivity contribution is 7.16. The largest absolute Gasteiger partial charge is 0.466 e. The Bertz CT molecular complexity index is 567. The highest BCUT2D eigenvalue weighted by atomic mass is 32.1. The Balaban J connectivity index is 2.24. The van der Waals surface area contributed by atoms with E-state index in [0.717, 1.165) is 4.88 Å². The van der Waals surface area contributed by atoms with Crippen molar-refractivity contribution < 1.29 is 9.53 Å². The van der Waals surface area contributed by atoms with Crippen LogP contribution in [0.25, 0.3) is 16.5 Å². The van der Waals surface area contributed by atoms with Gasteiger partial charge < -0.3 is 4.74 Å². The molecule has 0 atom stereocenters. The molecule has 0 bridgehead atoms. The van der Waals surface area contributed by atoms with E-state index in [1.165, 1.54) is 17.6 Å². The van der Waals surface area contributed by atoms with Crippen LogP contribution in [0.4, 0.5) is 0 Å². The van der Waals surface area contributed by atoms with Crippen LogP contribution in [0, 0.1) is 0 Å². The number of methoxy groups -OCH3 is 1. The van der Waals surface area contributed by atoms with Crippen molar-refractivity contribution in [2.45, 2.75) is 6.92 Å². The summed E-state index contributed by atoms with van der Waals surface area (Å²) in [7, 11) is 1.39. The van der Waals surface area contributed by atoms with Gasteiger partial charge in [-0.2, -0.15) is 0 Å². The second-order valence-electron chi connectivity index (χ2n) is 3.89. The number of hydrogen-bond acceptors (Lipinski definition) is 3. The maximum Gasteiger partial charge on any atom is 0.333 e. The van der Waals surface area contributed by atoms with Crippen molar-refractivity contribution >= 4 is 23.4 Å². The summed E-state index contributed by atoms with van der Waals surface area (Å²) in [6, 6.07) is 14.3. The van der Waals surface area contributed by atoms with Gasteiger partial charge in [-0.1, -0.05) is 30.3 Å². The van der Waals surface area contributed by atoms with Crippen LogP contribution in [0.15, 0.2) is 48.0 Å². The third kappa shape index (κ3) is 2.87. The van der Waals surface area contributed by atoms with Crippen LogP contribution < -0.4 is 0 Å². The van der Waals surface area contributed by atoms with Crippen molar-refractivity contribution in [1.29, 1.82) is 0 Å². The van der Waals surface area contributed by atoms with Gasteiger partial charge in [-0.3, -0.25) is 0 Å². The summed E-state index contributed by atoms with van der Waals surface area (Å²) in [4.78, 5) is 13.6. The topological polar surface area (TPSA) is 26.3 Å². The Morgan fingerprint density at radius 3 is 2.56 bits per heavy atom. The van der Waals surface area contributed by atoms with Crippen LogP contribution in [0.3, 0.4) is 0 Å². The predicted molar refractivity (Wildman–Crippen MR) is 75.4 cm³/mol. The molecule has 92 valence electrons. The first-order valence-electron chi connectivity index (χ1n) is 5.62. The molecule has 2 aromatic rings. The Labute approximate surface area is 111 Å². The van der Waals surface area contributed by atoms with Gasteiger partial charge >= 0.3 is 5.97 Å². The molecule has 0 saturated carbocycles. The standard InChI is InChI=1S/C15H14O2S/c1-11(15(16)17-2)10-13-8-9-14(18-13)12-6-4-3-5-7-12/h3-10H,1-2H3. The summed E-state index contributed by atoms with van der Waals surface area (Å²) in [6.07, 6.45) is 1.85. The second kappa shape index (κ2) is 5.65. The monoisotopic (exact) mass is 258 g/mol. The molecule has 0 spiro atoms. The molecule has 0 radical (unpaired) electrons. The van der Waals surface area contributed by atoms with E-state index in [1.54, 1.807) is 18.3 Å². The van der Waals surface area contributed by atoms with Gasteiger partial charge in [0.05, 0.1) is 7.11 Å². The Morgan fingerprint density at radius 2 is 1.89 bits per heavy atom. The summed E-state index contributed by atoms with van der Waals surface area (Å²) < 4.78 is 4.67. The SMILES string of the molecule is COC(=O)C(C)=Cc1ccc(-c2ccccc2)s1. The van der Waals surface area contributed by atoms with Crippen molar-refractivity contribution in [3.63, 3.8) is 0 Å². The number of rotatable bonds is 3.